The third-order valence-electron chi connectivity index (χ3n) is 9.32. The number of nitrogens with zero attached hydrogens (tertiary/aromatic N) is 3. The summed E-state index contributed by atoms with van der Waals surface area (Å²) < 4.78 is 13.2. The van der Waals surface area contributed by atoms with E-state index in [0.29, 0.717) is 17.5 Å². The Balaban J connectivity index is 1.09. The maximum Gasteiger partial charge on any atom is 0.261 e. The second kappa shape index (κ2) is 14.6. The summed E-state index contributed by atoms with van der Waals surface area (Å²) in [6, 6.07) is 36.9. The average molecular weight is 654 g/mol. The Labute approximate surface area is 286 Å². The van der Waals surface area contributed by atoms with E-state index < -0.39 is 6.29 Å². The topological polar surface area (TPSA) is 92.2 Å². The van der Waals surface area contributed by atoms with E-state index in [-0.39, 0.29) is 37.2 Å². The summed E-state index contributed by atoms with van der Waals surface area (Å²) in [4.78, 5) is 34.3. The number of carbonyl (C=O) groups excluding carboxylic acids is 2. The van der Waals surface area contributed by atoms with Crippen molar-refractivity contribution in [3.05, 3.63) is 161 Å². The van der Waals surface area contributed by atoms with Crippen LogP contribution >= 0.6 is 0 Å². The minimum absolute atomic E-state index is 0.00495. The number of amides is 2. The number of likely N-dealkylation sites (N-methyl/N-ethyl adjacent to an activating group) is 1. The van der Waals surface area contributed by atoms with Crippen LogP contribution in [0, 0.1) is 0 Å². The normalized spacial score (nSPS) is 19.0. The standard InChI is InChI=1S/C41H39N3O5/c1-43(23-21-33-9-6-7-22-42-33)26-34-24-38(30-15-13-28(27-45)14-16-30)49-41(48-34)31-19-17-29(18-20-31)35-10-3-2-8-32(35)25-44-39(46)36-11-4-5-12-37(36)40(44)47/h2-20,22,34,38,41,45H,21,23-27H2,1H3/t34-,38+,41+/m0/s1. The van der Waals surface area contributed by atoms with Crippen LogP contribution in [0.4, 0.5) is 0 Å². The van der Waals surface area contributed by atoms with Crippen molar-refractivity contribution in [3.8, 4) is 11.1 Å². The molecule has 8 heteroatoms. The van der Waals surface area contributed by atoms with Gasteiger partial charge in [0.2, 0.25) is 0 Å². The van der Waals surface area contributed by atoms with Gasteiger partial charge in [-0.2, -0.15) is 0 Å². The van der Waals surface area contributed by atoms with Gasteiger partial charge in [0.05, 0.1) is 36.5 Å². The molecule has 2 aliphatic heterocycles. The fourth-order valence-corrected chi connectivity index (χ4v) is 6.64. The first-order valence-corrected chi connectivity index (χ1v) is 16.7. The highest BCUT2D eigenvalue weighted by Gasteiger charge is 2.36. The first-order valence-electron chi connectivity index (χ1n) is 16.7. The molecule has 0 bridgehead atoms. The van der Waals surface area contributed by atoms with Crippen molar-refractivity contribution < 1.29 is 24.2 Å². The van der Waals surface area contributed by atoms with Crippen molar-refractivity contribution in [1.82, 2.24) is 14.8 Å². The Bertz CT molecular complexity index is 1880. The fraction of sp³-hybridized carbons (Fsp3) is 0.244. The van der Waals surface area contributed by atoms with Crippen LogP contribution in [-0.2, 0) is 29.0 Å². The molecule has 3 atom stereocenters. The van der Waals surface area contributed by atoms with Crippen LogP contribution in [0.3, 0.4) is 0 Å². The Hall–Kier alpha value is -4.99. The maximum absolute atomic E-state index is 13.1. The molecular weight excluding hydrogens is 614 g/mol. The van der Waals surface area contributed by atoms with Gasteiger partial charge in [0.25, 0.3) is 11.8 Å². The molecule has 0 radical (unpaired) electrons. The maximum atomic E-state index is 13.1. The van der Waals surface area contributed by atoms with Gasteiger partial charge in [-0.05, 0) is 59.1 Å². The molecule has 8 nitrogen and oxygen atoms in total. The van der Waals surface area contributed by atoms with Crippen LogP contribution in [0.15, 0.2) is 121 Å². The first kappa shape index (κ1) is 32.6. The molecule has 49 heavy (non-hydrogen) atoms. The second-order valence-corrected chi connectivity index (χ2v) is 12.7. The molecule has 3 heterocycles. The zero-order chi connectivity index (χ0) is 33.7. The van der Waals surface area contributed by atoms with Gasteiger partial charge in [-0.3, -0.25) is 19.5 Å². The molecule has 0 unspecified atom stereocenters. The van der Waals surface area contributed by atoms with Gasteiger partial charge >= 0.3 is 0 Å². The number of benzene rings is 4. The Kier molecular flexibility index (Phi) is 9.72. The van der Waals surface area contributed by atoms with Crippen LogP contribution in [0.2, 0.25) is 0 Å². The van der Waals surface area contributed by atoms with E-state index in [4.69, 9.17) is 9.47 Å². The minimum atomic E-state index is -0.576. The summed E-state index contributed by atoms with van der Waals surface area (Å²) in [7, 11) is 2.11. The van der Waals surface area contributed by atoms with Crippen molar-refractivity contribution in [2.75, 3.05) is 20.1 Å². The van der Waals surface area contributed by atoms with Crippen LogP contribution in [0.25, 0.3) is 11.1 Å². The smallest absolute Gasteiger partial charge is 0.261 e. The van der Waals surface area contributed by atoms with E-state index in [1.807, 2.05) is 97.2 Å². The Morgan fingerprint density at radius 3 is 2.10 bits per heavy atom. The Morgan fingerprint density at radius 1 is 0.776 bits per heavy atom. The van der Waals surface area contributed by atoms with Crippen LogP contribution in [0.1, 0.15) is 67.5 Å². The van der Waals surface area contributed by atoms with E-state index >= 15 is 0 Å². The van der Waals surface area contributed by atoms with Crippen molar-refractivity contribution in [3.63, 3.8) is 0 Å². The van der Waals surface area contributed by atoms with Crippen LogP contribution in [0.5, 0.6) is 0 Å². The highest BCUT2D eigenvalue weighted by Crippen LogP contribution is 2.39. The molecule has 1 fully saturated rings. The fourth-order valence-electron chi connectivity index (χ4n) is 6.64. The number of aromatic nitrogens is 1. The quantitative estimate of drug-likeness (QED) is 0.158. The average Bonchev–Trinajstić information content (AvgIpc) is 3.39. The summed E-state index contributed by atoms with van der Waals surface area (Å²) in [6.07, 6.45) is 2.55. The number of rotatable bonds is 11. The molecule has 5 aromatic rings. The molecule has 7 rings (SSSR count). The number of carbonyl (C=O) groups is 2. The molecule has 1 N–H and O–H groups in total. The zero-order valence-electron chi connectivity index (χ0n) is 27.4. The molecule has 1 aromatic heterocycles. The molecular formula is C41H39N3O5. The third-order valence-corrected chi connectivity index (χ3v) is 9.32. The lowest BCUT2D eigenvalue weighted by molar-refractivity contribution is -0.252. The van der Waals surface area contributed by atoms with E-state index in [9.17, 15) is 14.7 Å². The molecule has 248 valence electrons. The lowest BCUT2D eigenvalue weighted by atomic mass is 9.97. The number of hydrogen-bond acceptors (Lipinski definition) is 7. The summed E-state index contributed by atoms with van der Waals surface area (Å²) in [5, 5.41) is 9.56. The van der Waals surface area contributed by atoms with Gasteiger partial charge in [0.1, 0.15) is 0 Å². The van der Waals surface area contributed by atoms with Crippen LogP contribution < -0.4 is 0 Å². The lowest BCUT2D eigenvalue weighted by Crippen LogP contribution is -2.38. The van der Waals surface area contributed by atoms with Gasteiger partial charge < -0.3 is 19.5 Å². The minimum Gasteiger partial charge on any atom is -0.392 e. The Morgan fingerprint density at radius 2 is 1.43 bits per heavy atom. The van der Waals surface area contributed by atoms with Crippen molar-refractivity contribution in [2.45, 2.75) is 44.5 Å². The summed E-state index contributed by atoms with van der Waals surface area (Å²) >= 11 is 0. The number of imide groups is 1. The monoisotopic (exact) mass is 653 g/mol. The van der Waals surface area contributed by atoms with E-state index in [0.717, 1.165) is 58.6 Å². The number of aliphatic hydroxyl groups excluding tert-OH is 1. The van der Waals surface area contributed by atoms with E-state index in [1.54, 1.807) is 24.3 Å². The summed E-state index contributed by atoms with van der Waals surface area (Å²) in [5.41, 5.74) is 7.56. The molecule has 0 saturated carbocycles. The van der Waals surface area contributed by atoms with Gasteiger partial charge in [-0.15, -0.1) is 0 Å². The highest BCUT2D eigenvalue weighted by atomic mass is 16.7. The van der Waals surface area contributed by atoms with Crippen LogP contribution in [-0.4, -0.2) is 57.9 Å². The van der Waals surface area contributed by atoms with Crippen molar-refractivity contribution in [2.24, 2.45) is 0 Å². The summed E-state index contributed by atoms with van der Waals surface area (Å²) in [6.45, 7) is 1.77. The highest BCUT2D eigenvalue weighted by molar-refractivity contribution is 6.21. The van der Waals surface area contributed by atoms with E-state index in [2.05, 4.69) is 16.9 Å². The summed E-state index contributed by atoms with van der Waals surface area (Å²) in [5.74, 6) is -0.537. The molecule has 2 amide bonds. The van der Waals surface area contributed by atoms with Gasteiger partial charge in [0.15, 0.2) is 6.29 Å². The molecule has 1 saturated heterocycles. The zero-order valence-corrected chi connectivity index (χ0v) is 27.4. The van der Waals surface area contributed by atoms with Gasteiger partial charge in [-0.25, -0.2) is 0 Å². The number of hydrogen-bond donors (Lipinski definition) is 1. The largest absolute Gasteiger partial charge is 0.392 e. The number of fused-ring (bicyclic) bond motifs is 1. The number of aliphatic hydroxyl groups is 1. The van der Waals surface area contributed by atoms with Gasteiger partial charge in [0, 0.05) is 43.4 Å². The predicted octanol–water partition coefficient (Wildman–Crippen LogP) is 6.76. The third kappa shape index (κ3) is 7.23. The van der Waals surface area contributed by atoms with Crippen molar-refractivity contribution >= 4 is 11.8 Å². The van der Waals surface area contributed by atoms with Crippen molar-refractivity contribution in [1.29, 1.82) is 0 Å². The molecule has 4 aromatic carbocycles. The van der Waals surface area contributed by atoms with Gasteiger partial charge in [-0.1, -0.05) is 91.0 Å². The van der Waals surface area contributed by atoms with E-state index in [1.165, 1.54) is 4.90 Å². The molecule has 0 spiro atoms. The lowest BCUT2D eigenvalue weighted by Gasteiger charge is -2.38. The number of pyridine rings is 1. The SMILES string of the molecule is CN(CCc1ccccn1)C[C@@H]1C[C@H](c2ccc(CO)cc2)O[C@H](c2ccc(-c3ccccc3CN3C(=O)c4ccccc4C3=O)cc2)O1. The molecule has 2 aliphatic rings. The number of ether oxygens (including phenoxy) is 2. The first-order chi connectivity index (χ1) is 24.0. The predicted molar refractivity (Wildman–Crippen MR) is 186 cm³/mol. The second-order valence-electron chi connectivity index (χ2n) is 12.7. The molecule has 0 aliphatic carbocycles.